The monoisotopic (exact) mass is 325 g/mol. The molecule has 0 aliphatic carbocycles. The first-order chi connectivity index (χ1) is 11.8. The lowest BCUT2D eigenvalue weighted by molar-refractivity contribution is 0.248. The van der Waals surface area contributed by atoms with Crippen LogP contribution >= 0.6 is 0 Å². The van der Waals surface area contributed by atoms with E-state index in [4.69, 9.17) is 0 Å². The highest BCUT2D eigenvalue weighted by Gasteiger charge is 2.19. The van der Waals surface area contributed by atoms with Crippen molar-refractivity contribution in [1.29, 1.82) is 0 Å². The molecule has 1 aliphatic heterocycles. The lowest BCUT2D eigenvalue weighted by Gasteiger charge is -2.34. The van der Waals surface area contributed by atoms with Crippen LogP contribution in [0.15, 0.2) is 42.6 Å². The van der Waals surface area contributed by atoms with Crippen LogP contribution < -0.4 is 10.2 Å². The summed E-state index contributed by atoms with van der Waals surface area (Å²) < 4.78 is 0. The second-order valence-corrected chi connectivity index (χ2v) is 6.27. The first-order valence-electron chi connectivity index (χ1n) is 8.93. The van der Waals surface area contributed by atoms with Gasteiger partial charge in [0.05, 0.1) is 0 Å². The Morgan fingerprint density at radius 2 is 1.83 bits per heavy atom. The molecule has 1 aromatic carbocycles. The Labute approximate surface area is 144 Å². The van der Waals surface area contributed by atoms with Crippen LogP contribution in [0.4, 0.5) is 11.8 Å². The van der Waals surface area contributed by atoms with Gasteiger partial charge in [-0.15, -0.1) is 0 Å². The molecule has 0 bridgehead atoms. The molecule has 0 saturated carbocycles. The zero-order chi connectivity index (χ0) is 16.6. The lowest BCUT2D eigenvalue weighted by atomic mass is 10.2. The molecule has 0 amide bonds. The van der Waals surface area contributed by atoms with E-state index in [9.17, 15) is 0 Å². The van der Waals surface area contributed by atoms with Gasteiger partial charge in [0.2, 0.25) is 5.95 Å². The Morgan fingerprint density at radius 1 is 1.04 bits per heavy atom. The predicted molar refractivity (Wildman–Crippen MR) is 99.4 cm³/mol. The third-order valence-electron chi connectivity index (χ3n) is 4.38. The van der Waals surface area contributed by atoms with Crippen molar-refractivity contribution in [3.8, 4) is 0 Å². The number of rotatable bonds is 7. The maximum absolute atomic E-state index is 4.66. The molecule has 2 heterocycles. The molecular formula is C19H27N5. The molecule has 128 valence electrons. The molecule has 3 rings (SSSR count). The van der Waals surface area contributed by atoms with E-state index >= 15 is 0 Å². The fraction of sp³-hybridized carbons (Fsp3) is 0.474. The van der Waals surface area contributed by atoms with Crippen LogP contribution in [0.25, 0.3) is 0 Å². The van der Waals surface area contributed by atoms with Crippen LogP contribution in [0.1, 0.15) is 25.3 Å². The minimum absolute atomic E-state index is 0.843. The summed E-state index contributed by atoms with van der Waals surface area (Å²) in [6.07, 6.45) is 4.21. The lowest BCUT2D eigenvalue weighted by Crippen LogP contribution is -2.46. The van der Waals surface area contributed by atoms with E-state index in [0.717, 1.165) is 57.5 Å². The summed E-state index contributed by atoms with van der Waals surface area (Å²) >= 11 is 0. The number of hydrogen-bond acceptors (Lipinski definition) is 5. The molecule has 1 aromatic heterocycles. The van der Waals surface area contributed by atoms with Crippen LogP contribution in [0.2, 0.25) is 0 Å². The molecule has 1 N–H and O–H groups in total. The van der Waals surface area contributed by atoms with Gasteiger partial charge in [-0.3, -0.25) is 4.90 Å². The summed E-state index contributed by atoms with van der Waals surface area (Å²) in [7, 11) is 0. The van der Waals surface area contributed by atoms with E-state index < -0.39 is 0 Å². The fourth-order valence-corrected chi connectivity index (χ4v) is 2.94. The highest BCUT2D eigenvalue weighted by molar-refractivity contribution is 5.41. The SMILES string of the molecule is CCCCNc1ccnc(N2CCN(Cc3ccccc3)CC2)n1. The zero-order valence-corrected chi connectivity index (χ0v) is 14.5. The third-order valence-corrected chi connectivity index (χ3v) is 4.38. The standard InChI is InChI=1S/C19H27N5/c1-2-3-10-20-18-9-11-21-19(22-18)24-14-12-23(13-15-24)16-17-7-5-4-6-8-17/h4-9,11H,2-3,10,12-16H2,1H3,(H,20,21,22). The van der Waals surface area contributed by atoms with Crippen LogP contribution in [-0.2, 0) is 6.54 Å². The van der Waals surface area contributed by atoms with Gasteiger partial charge in [-0.1, -0.05) is 43.7 Å². The predicted octanol–water partition coefficient (Wildman–Crippen LogP) is 3.01. The molecule has 1 saturated heterocycles. The molecule has 24 heavy (non-hydrogen) atoms. The molecule has 1 aliphatic rings. The minimum Gasteiger partial charge on any atom is -0.370 e. The van der Waals surface area contributed by atoms with Crippen molar-refractivity contribution in [2.75, 3.05) is 42.9 Å². The van der Waals surface area contributed by atoms with Crippen LogP contribution in [0, 0.1) is 0 Å². The maximum atomic E-state index is 4.66. The number of nitrogens with zero attached hydrogens (tertiary/aromatic N) is 4. The van der Waals surface area contributed by atoms with E-state index in [0.29, 0.717) is 0 Å². The maximum Gasteiger partial charge on any atom is 0.227 e. The largest absolute Gasteiger partial charge is 0.370 e. The highest BCUT2D eigenvalue weighted by Crippen LogP contribution is 2.15. The van der Waals surface area contributed by atoms with Crippen molar-refractivity contribution in [3.05, 3.63) is 48.2 Å². The summed E-state index contributed by atoms with van der Waals surface area (Å²) in [5.74, 6) is 1.77. The van der Waals surface area contributed by atoms with Crippen molar-refractivity contribution in [3.63, 3.8) is 0 Å². The smallest absolute Gasteiger partial charge is 0.227 e. The Balaban J connectivity index is 1.52. The van der Waals surface area contributed by atoms with Gasteiger partial charge in [-0.25, -0.2) is 4.98 Å². The number of aromatic nitrogens is 2. The number of unbranched alkanes of at least 4 members (excludes halogenated alkanes) is 1. The van der Waals surface area contributed by atoms with Crippen molar-refractivity contribution < 1.29 is 0 Å². The van der Waals surface area contributed by atoms with Crippen LogP contribution in [0.3, 0.4) is 0 Å². The van der Waals surface area contributed by atoms with Crippen LogP contribution in [0.5, 0.6) is 0 Å². The summed E-state index contributed by atoms with van der Waals surface area (Å²) in [6.45, 7) is 8.24. The first-order valence-corrected chi connectivity index (χ1v) is 8.93. The average molecular weight is 325 g/mol. The molecule has 5 nitrogen and oxygen atoms in total. The van der Waals surface area contributed by atoms with Crippen molar-refractivity contribution in [2.45, 2.75) is 26.3 Å². The quantitative estimate of drug-likeness (QED) is 0.793. The van der Waals surface area contributed by atoms with Gasteiger partial charge >= 0.3 is 0 Å². The topological polar surface area (TPSA) is 44.3 Å². The molecule has 0 radical (unpaired) electrons. The zero-order valence-electron chi connectivity index (χ0n) is 14.5. The average Bonchev–Trinajstić information content (AvgIpc) is 2.64. The summed E-state index contributed by atoms with van der Waals surface area (Å²) in [5, 5.41) is 3.38. The van der Waals surface area contributed by atoms with E-state index in [-0.39, 0.29) is 0 Å². The van der Waals surface area contributed by atoms with Gasteiger partial charge in [0.1, 0.15) is 5.82 Å². The number of hydrogen-bond donors (Lipinski definition) is 1. The molecular weight excluding hydrogens is 298 g/mol. The van der Waals surface area contributed by atoms with Crippen LogP contribution in [-0.4, -0.2) is 47.6 Å². The summed E-state index contributed by atoms with van der Waals surface area (Å²) in [5.41, 5.74) is 1.38. The van der Waals surface area contributed by atoms with Gasteiger partial charge < -0.3 is 10.2 Å². The number of benzene rings is 1. The van der Waals surface area contributed by atoms with Gasteiger partial charge in [-0.05, 0) is 18.1 Å². The molecule has 0 unspecified atom stereocenters. The molecule has 0 spiro atoms. The summed E-state index contributed by atoms with van der Waals surface area (Å²) in [6, 6.07) is 12.6. The second-order valence-electron chi connectivity index (χ2n) is 6.27. The Bertz CT molecular complexity index is 608. The second kappa shape index (κ2) is 8.64. The van der Waals surface area contributed by atoms with E-state index in [1.807, 2.05) is 12.3 Å². The van der Waals surface area contributed by atoms with Gasteiger partial charge in [-0.2, -0.15) is 4.98 Å². The van der Waals surface area contributed by atoms with Crippen molar-refractivity contribution >= 4 is 11.8 Å². The van der Waals surface area contributed by atoms with Gasteiger partial charge in [0.25, 0.3) is 0 Å². The molecule has 2 aromatic rings. The van der Waals surface area contributed by atoms with Crippen molar-refractivity contribution in [2.24, 2.45) is 0 Å². The van der Waals surface area contributed by atoms with Gasteiger partial charge in [0.15, 0.2) is 0 Å². The highest BCUT2D eigenvalue weighted by atomic mass is 15.3. The minimum atomic E-state index is 0.843. The molecule has 1 fully saturated rings. The Hall–Kier alpha value is -2.14. The van der Waals surface area contributed by atoms with E-state index in [2.05, 4.69) is 62.3 Å². The Morgan fingerprint density at radius 3 is 2.58 bits per heavy atom. The van der Waals surface area contributed by atoms with Crippen molar-refractivity contribution in [1.82, 2.24) is 14.9 Å². The number of nitrogens with one attached hydrogen (secondary N) is 1. The normalized spacial score (nSPS) is 15.5. The molecule has 5 heteroatoms. The van der Waals surface area contributed by atoms with E-state index in [1.54, 1.807) is 0 Å². The Kier molecular flexibility index (Phi) is 6.01. The number of anilines is 2. The third kappa shape index (κ3) is 4.68. The van der Waals surface area contributed by atoms with Gasteiger partial charge in [0, 0.05) is 45.5 Å². The fourth-order valence-electron chi connectivity index (χ4n) is 2.94. The summed E-state index contributed by atoms with van der Waals surface area (Å²) in [4.78, 5) is 13.9. The number of piperazine rings is 1. The van der Waals surface area contributed by atoms with E-state index in [1.165, 1.54) is 12.0 Å². The molecule has 0 atom stereocenters. The first kappa shape index (κ1) is 16.7.